The van der Waals surface area contributed by atoms with E-state index in [1.54, 1.807) is 25.2 Å². The molecule has 1 aliphatic carbocycles. The van der Waals surface area contributed by atoms with Crippen LogP contribution in [0.1, 0.15) is 6.92 Å². The molecule has 1 aliphatic rings. The van der Waals surface area contributed by atoms with Crippen LogP contribution in [0.4, 0.5) is 0 Å². The van der Waals surface area contributed by atoms with Crippen molar-refractivity contribution in [3.8, 4) is 0 Å². The summed E-state index contributed by atoms with van der Waals surface area (Å²) in [5.41, 5.74) is 10.7. The number of hydrogen-bond donors (Lipinski definition) is 3. The second-order valence-electron chi connectivity index (χ2n) is 2.67. The summed E-state index contributed by atoms with van der Waals surface area (Å²) in [4.78, 5) is 0. The Labute approximate surface area is 60.0 Å². The number of nitrogens with two attached hydrogens (primary N) is 2. The molecule has 56 valence electrons. The zero-order chi connectivity index (χ0) is 7.78. The first kappa shape index (κ1) is 7.47. The maximum absolute atomic E-state index is 9.34. The fourth-order valence-electron chi connectivity index (χ4n) is 0.943. The van der Waals surface area contributed by atoms with Gasteiger partial charge in [0.1, 0.15) is 11.8 Å². The van der Waals surface area contributed by atoms with E-state index in [4.69, 9.17) is 11.5 Å². The summed E-state index contributed by atoms with van der Waals surface area (Å²) in [6.07, 6.45) is 4.38. The van der Waals surface area contributed by atoms with Gasteiger partial charge in [-0.25, -0.2) is 0 Å². The topological polar surface area (TPSA) is 72.3 Å². The second-order valence-corrected chi connectivity index (χ2v) is 2.67. The van der Waals surface area contributed by atoms with E-state index >= 15 is 0 Å². The van der Waals surface area contributed by atoms with Crippen LogP contribution in [0.5, 0.6) is 0 Å². The Hall–Kier alpha value is -0.640. The van der Waals surface area contributed by atoms with Crippen LogP contribution in [0.3, 0.4) is 0 Å². The minimum atomic E-state index is -1.08. The first-order valence-electron chi connectivity index (χ1n) is 3.16. The average Bonchev–Trinajstić information content (AvgIpc) is 1.83. The number of aliphatic hydroxyl groups excluding tert-OH is 1. The average molecular weight is 140 g/mol. The highest BCUT2D eigenvalue weighted by Crippen LogP contribution is 2.15. The molecule has 0 spiro atoms. The molecule has 1 rings (SSSR count). The monoisotopic (exact) mass is 140 g/mol. The highest BCUT2D eigenvalue weighted by atomic mass is 16.3. The smallest absolute Gasteiger partial charge is 0.114 e. The summed E-state index contributed by atoms with van der Waals surface area (Å²) >= 11 is 0. The molecule has 0 aromatic carbocycles. The van der Waals surface area contributed by atoms with Crippen molar-refractivity contribution >= 4 is 0 Å². The molecule has 0 aliphatic heterocycles. The summed E-state index contributed by atoms with van der Waals surface area (Å²) in [7, 11) is 0. The summed E-state index contributed by atoms with van der Waals surface area (Å²) in [5, 5.41) is 9.34. The fraction of sp³-hybridized carbons (Fsp3) is 0.429. The predicted octanol–water partition coefficient (Wildman–Crippen LogP) is -0.523. The van der Waals surface area contributed by atoms with Crippen molar-refractivity contribution in [2.24, 2.45) is 11.5 Å². The van der Waals surface area contributed by atoms with Gasteiger partial charge >= 0.3 is 0 Å². The molecule has 3 nitrogen and oxygen atoms in total. The minimum Gasteiger partial charge on any atom is -0.385 e. The summed E-state index contributed by atoms with van der Waals surface area (Å²) in [6.45, 7) is 1.79. The van der Waals surface area contributed by atoms with Gasteiger partial charge < -0.3 is 16.6 Å². The lowest BCUT2D eigenvalue weighted by molar-refractivity contribution is 0.144. The lowest BCUT2D eigenvalue weighted by atomic mass is 9.94. The van der Waals surface area contributed by atoms with Crippen molar-refractivity contribution in [3.63, 3.8) is 0 Å². The van der Waals surface area contributed by atoms with Gasteiger partial charge in [-0.2, -0.15) is 0 Å². The Kier molecular flexibility index (Phi) is 1.64. The van der Waals surface area contributed by atoms with E-state index < -0.39 is 11.8 Å². The van der Waals surface area contributed by atoms with E-state index in [0.29, 0.717) is 0 Å². The molecule has 0 saturated carbocycles. The molecular weight excluding hydrogens is 128 g/mol. The Balaban J connectivity index is 2.89. The van der Waals surface area contributed by atoms with Crippen molar-refractivity contribution in [3.05, 3.63) is 23.8 Å². The van der Waals surface area contributed by atoms with E-state index in [9.17, 15) is 5.11 Å². The molecule has 0 radical (unpaired) electrons. The fourth-order valence-corrected chi connectivity index (χ4v) is 0.943. The van der Waals surface area contributed by atoms with Crippen molar-refractivity contribution in [2.75, 3.05) is 0 Å². The Morgan fingerprint density at radius 3 is 2.60 bits per heavy atom. The number of aliphatic hydroxyl groups is 1. The van der Waals surface area contributed by atoms with Crippen LogP contribution < -0.4 is 11.5 Å². The molecule has 1 atom stereocenters. The zero-order valence-corrected chi connectivity index (χ0v) is 5.91. The van der Waals surface area contributed by atoms with Crippen LogP contribution >= 0.6 is 0 Å². The van der Waals surface area contributed by atoms with Crippen LogP contribution in [0.15, 0.2) is 23.8 Å². The summed E-state index contributed by atoms with van der Waals surface area (Å²) in [5.74, 6) is 0. The Morgan fingerprint density at radius 2 is 2.20 bits per heavy atom. The van der Waals surface area contributed by atoms with Gasteiger partial charge in [0.15, 0.2) is 0 Å². The lowest BCUT2D eigenvalue weighted by Crippen LogP contribution is -2.58. The third kappa shape index (κ3) is 1.11. The van der Waals surface area contributed by atoms with E-state index in [0.717, 1.165) is 5.57 Å². The van der Waals surface area contributed by atoms with Crippen LogP contribution in [-0.2, 0) is 0 Å². The highest BCUT2D eigenvalue weighted by molar-refractivity contribution is 5.28. The van der Waals surface area contributed by atoms with Crippen LogP contribution in [0.25, 0.3) is 0 Å². The molecule has 0 aromatic rings. The van der Waals surface area contributed by atoms with Gasteiger partial charge in [0, 0.05) is 0 Å². The SMILES string of the molecule is CC1=CC=CC(N)(N)C1O. The van der Waals surface area contributed by atoms with E-state index in [2.05, 4.69) is 0 Å². The van der Waals surface area contributed by atoms with Gasteiger partial charge in [-0.1, -0.05) is 12.2 Å². The van der Waals surface area contributed by atoms with Crippen molar-refractivity contribution in [1.29, 1.82) is 0 Å². The maximum Gasteiger partial charge on any atom is 0.114 e. The van der Waals surface area contributed by atoms with Crippen LogP contribution in [0.2, 0.25) is 0 Å². The van der Waals surface area contributed by atoms with Gasteiger partial charge in [-0.05, 0) is 18.6 Å². The van der Waals surface area contributed by atoms with E-state index in [1.807, 2.05) is 0 Å². The molecule has 0 heterocycles. The van der Waals surface area contributed by atoms with Gasteiger partial charge in [0.05, 0.1) is 0 Å². The van der Waals surface area contributed by atoms with Gasteiger partial charge in [0.25, 0.3) is 0 Å². The minimum absolute atomic E-state index is 0.752. The molecule has 0 bridgehead atoms. The molecule has 1 unspecified atom stereocenters. The Morgan fingerprint density at radius 1 is 1.60 bits per heavy atom. The third-order valence-electron chi connectivity index (χ3n) is 1.65. The van der Waals surface area contributed by atoms with Crippen LogP contribution in [0, 0.1) is 0 Å². The molecule has 0 fully saturated rings. The lowest BCUT2D eigenvalue weighted by Gasteiger charge is -2.29. The number of allylic oxidation sites excluding steroid dienone is 2. The standard InChI is InChI=1S/C7H12N2O/c1-5-3-2-4-7(8,9)6(5)10/h2-4,6,10H,8-9H2,1H3. The molecule has 10 heavy (non-hydrogen) atoms. The zero-order valence-electron chi connectivity index (χ0n) is 5.91. The molecule has 0 saturated heterocycles. The summed E-state index contributed by atoms with van der Waals surface area (Å²) in [6, 6.07) is 0. The molecule has 0 amide bonds. The predicted molar refractivity (Wildman–Crippen MR) is 40.0 cm³/mol. The first-order valence-corrected chi connectivity index (χ1v) is 3.16. The molecule has 0 aromatic heterocycles. The molecular formula is C7H12N2O. The normalized spacial score (nSPS) is 30.0. The van der Waals surface area contributed by atoms with Crippen molar-refractivity contribution < 1.29 is 5.11 Å². The molecule has 3 heteroatoms. The Bertz CT molecular complexity index is 194. The maximum atomic E-state index is 9.34. The highest BCUT2D eigenvalue weighted by Gasteiger charge is 2.28. The largest absolute Gasteiger partial charge is 0.385 e. The van der Waals surface area contributed by atoms with E-state index in [-0.39, 0.29) is 0 Å². The van der Waals surface area contributed by atoms with Gasteiger partial charge in [-0.15, -0.1) is 0 Å². The number of rotatable bonds is 0. The third-order valence-corrected chi connectivity index (χ3v) is 1.65. The van der Waals surface area contributed by atoms with E-state index in [1.165, 1.54) is 0 Å². The van der Waals surface area contributed by atoms with Crippen molar-refractivity contribution in [2.45, 2.75) is 18.7 Å². The molecule has 5 N–H and O–H groups in total. The first-order chi connectivity index (χ1) is 4.54. The quantitative estimate of drug-likeness (QED) is 0.396. The second kappa shape index (κ2) is 2.20. The van der Waals surface area contributed by atoms with Gasteiger partial charge in [0.2, 0.25) is 0 Å². The van der Waals surface area contributed by atoms with Gasteiger partial charge in [-0.3, -0.25) is 0 Å². The van der Waals surface area contributed by atoms with Crippen molar-refractivity contribution in [1.82, 2.24) is 0 Å². The summed E-state index contributed by atoms with van der Waals surface area (Å²) < 4.78 is 0. The van der Waals surface area contributed by atoms with Crippen LogP contribution in [-0.4, -0.2) is 16.9 Å². The number of hydrogen-bond acceptors (Lipinski definition) is 3.